The maximum atomic E-state index is 4.23. The van der Waals surface area contributed by atoms with Crippen LogP contribution in [0.25, 0.3) is 11.0 Å². The number of hydrogen-bond donors (Lipinski definition) is 1. The minimum absolute atomic E-state index is 0.847. The van der Waals surface area contributed by atoms with Crippen LogP contribution in [-0.4, -0.2) is 9.97 Å². The summed E-state index contributed by atoms with van der Waals surface area (Å²) in [7, 11) is 0. The maximum Gasteiger partial charge on any atom is 0.139 e. The molecule has 4 heteroatoms. The first-order valence-corrected chi connectivity index (χ1v) is 4.65. The Morgan fingerprint density at radius 2 is 2.09 bits per heavy atom. The van der Waals surface area contributed by atoms with Gasteiger partial charge in [-0.1, -0.05) is 0 Å². The zero-order valence-corrected chi connectivity index (χ0v) is 8.61. The molecule has 1 N–H and O–H groups in total. The average molecular weight is 276 g/mol. The topological polar surface area (TPSA) is 28.7 Å². The van der Waals surface area contributed by atoms with Crippen molar-refractivity contribution in [3.05, 3.63) is 27.4 Å². The van der Waals surface area contributed by atoms with E-state index in [1.54, 1.807) is 0 Å². The second-order valence-electron chi connectivity index (χ2n) is 2.19. The molecular weight excluding hydrogens is 272 g/mol. The smallest absolute Gasteiger partial charge is 0.139 e. The molecule has 0 bridgehead atoms. The van der Waals surface area contributed by atoms with Gasteiger partial charge in [0.2, 0.25) is 0 Å². The van der Waals surface area contributed by atoms with Gasteiger partial charge in [0.25, 0.3) is 0 Å². The highest BCUT2D eigenvalue weighted by Gasteiger charge is 1.98. The summed E-state index contributed by atoms with van der Waals surface area (Å²) in [6.07, 6.45) is 0. The SMILES string of the molecule is Brc1ccc2cc(Br)[nH]c2n1. The summed E-state index contributed by atoms with van der Waals surface area (Å²) in [5.41, 5.74) is 0.895. The zero-order valence-electron chi connectivity index (χ0n) is 5.44. The maximum absolute atomic E-state index is 4.23. The molecule has 0 saturated heterocycles. The van der Waals surface area contributed by atoms with Crippen molar-refractivity contribution in [2.45, 2.75) is 0 Å². The van der Waals surface area contributed by atoms with Crippen molar-refractivity contribution >= 4 is 42.9 Å². The van der Waals surface area contributed by atoms with Gasteiger partial charge >= 0.3 is 0 Å². The fourth-order valence-corrected chi connectivity index (χ4v) is 1.69. The summed E-state index contributed by atoms with van der Waals surface area (Å²) in [5.74, 6) is 0. The number of aromatic amines is 1. The third-order valence-electron chi connectivity index (χ3n) is 1.41. The Morgan fingerprint density at radius 1 is 1.27 bits per heavy atom. The minimum Gasteiger partial charge on any atom is -0.334 e. The highest BCUT2D eigenvalue weighted by molar-refractivity contribution is 9.10. The molecule has 2 nitrogen and oxygen atoms in total. The van der Waals surface area contributed by atoms with Crippen LogP contribution in [-0.2, 0) is 0 Å². The van der Waals surface area contributed by atoms with Gasteiger partial charge in [-0.2, -0.15) is 0 Å². The number of aromatic nitrogens is 2. The van der Waals surface area contributed by atoms with Gasteiger partial charge < -0.3 is 4.98 Å². The number of nitrogens with zero attached hydrogens (tertiary/aromatic N) is 1. The predicted octanol–water partition coefficient (Wildman–Crippen LogP) is 3.09. The number of rotatable bonds is 0. The Labute approximate surface area is 80.3 Å². The van der Waals surface area contributed by atoms with Crippen molar-refractivity contribution in [2.24, 2.45) is 0 Å². The standard InChI is InChI=1S/C7H4Br2N2/c8-5-2-1-4-3-6(9)11-7(4)10-5/h1-3H,(H,10,11). The second kappa shape index (κ2) is 2.60. The van der Waals surface area contributed by atoms with Gasteiger partial charge in [-0.05, 0) is 50.1 Å². The molecule has 0 saturated carbocycles. The molecule has 0 aliphatic heterocycles. The monoisotopic (exact) mass is 274 g/mol. The van der Waals surface area contributed by atoms with Crippen LogP contribution in [0.2, 0.25) is 0 Å². The highest BCUT2D eigenvalue weighted by Crippen LogP contribution is 2.19. The molecule has 0 spiro atoms. The van der Waals surface area contributed by atoms with E-state index in [0.717, 1.165) is 20.2 Å². The number of halogens is 2. The summed E-state index contributed by atoms with van der Waals surface area (Å²) in [6.45, 7) is 0. The lowest BCUT2D eigenvalue weighted by Gasteiger charge is -1.88. The molecule has 0 radical (unpaired) electrons. The fourth-order valence-electron chi connectivity index (χ4n) is 0.948. The van der Waals surface area contributed by atoms with Crippen LogP contribution in [0.5, 0.6) is 0 Å². The van der Waals surface area contributed by atoms with Gasteiger partial charge in [0.05, 0.1) is 4.60 Å². The van der Waals surface area contributed by atoms with Crippen molar-refractivity contribution in [1.82, 2.24) is 9.97 Å². The van der Waals surface area contributed by atoms with Crippen LogP contribution in [0.15, 0.2) is 27.4 Å². The third-order valence-corrected chi connectivity index (χ3v) is 2.28. The molecule has 2 rings (SSSR count). The van der Waals surface area contributed by atoms with E-state index in [-0.39, 0.29) is 0 Å². The summed E-state index contributed by atoms with van der Waals surface area (Å²) in [5, 5.41) is 1.11. The lowest BCUT2D eigenvalue weighted by molar-refractivity contribution is 1.27. The molecule has 11 heavy (non-hydrogen) atoms. The zero-order chi connectivity index (χ0) is 7.84. The van der Waals surface area contributed by atoms with Gasteiger partial charge in [0.1, 0.15) is 10.3 Å². The van der Waals surface area contributed by atoms with Crippen LogP contribution >= 0.6 is 31.9 Å². The molecule has 0 amide bonds. The molecule has 0 aliphatic carbocycles. The summed E-state index contributed by atoms with van der Waals surface area (Å²) in [4.78, 5) is 7.30. The normalized spacial score (nSPS) is 10.7. The van der Waals surface area contributed by atoms with Gasteiger partial charge in [-0.3, -0.25) is 0 Å². The number of hydrogen-bond acceptors (Lipinski definition) is 1. The van der Waals surface area contributed by atoms with Crippen LogP contribution in [0.3, 0.4) is 0 Å². The number of nitrogens with one attached hydrogen (secondary N) is 1. The first kappa shape index (κ1) is 7.31. The third kappa shape index (κ3) is 1.32. The first-order valence-electron chi connectivity index (χ1n) is 3.06. The average Bonchev–Trinajstić information content (AvgIpc) is 2.27. The molecule has 0 atom stereocenters. The fraction of sp³-hybridized carbons (Fsp3) is 0. The summed E-state index contributed by atoms with van der Waals surface area (Å²) < 4.78 is 1.80. The van der Waals surface area contributed by atoms with E-state index >= 15 is 0 Å². The van der Waals surface area contributed by atoms with Crippen molar-refractivity contribution in [3.63, 3.8) is 0 Å². The van der Waals surface area contributed by atoms with Gasteiger partial charge in [0, 0.05) is 5.39 Å². The van der Waals surface area contributed by atoms with E-state index in [0.29, 0.717) is 0 Å². The van der Waals surface area contributed by atoms with E-state index in [2.05, 4.69) is 41.8 Å². The summed E-state index contributed by atoms with van der Waals surface area (Å²) >= 11 is 6.63. The lowest BCUT2D eigenvalue weighted by Crippen LogP contribution is -1.75. The van der Waals surface area contributed by atoms with Crippen molar-refractivity contribution in [2.75, 3.05) is 0 Å². The van der Waals surface area contributed by atoms with Crippen LogP contribution < -0.4 is 0 Å². The molecule has 2 aromatic heterocycles. The molecule has 0 unspecified atom stereocenters. The molecule has 2 aromatic rings. The number of pyridine rings is 1. The van der Waals surface area contributed by atoms with Gasteiger partial charge in [0.15, 0.2) is 0 Å². The molecule has 0 aliphatic rings. The number of H-pyrrole nitrogens is 1. The lowest BCUT2D eigenvalue weighted by atomic mass is 10.3. The Kier molecular flexibility index (Phi) is 1.73. The molecule has 0 fully saturated rings. The molecule has 2 heterocycles. The molecule has 0 aromatic carbocycles. The Hall–Kier alpha value is -0.350. The van der Waals surface area contributed by atoms with Crippen LogP contribution in [0, 0.1) is 0 Å². The van der Waals surface area contributed by atoms with Crippen molar-refractivity contribution in [3.8, 4) is 0 Å². The Balaban J connectivity index is 2.82. The molecular formula is C7H4Br2N2. The van der Waals surface area contributed by atoms with Crippen molar-refractivity contribution < 1.29 is 0 Å². The van der Waals surface area contributed by atoms with E-state index in [1.807, 2.05) is 18.2 Å². The Bertz CT molecular complexity index is 394. The van der Waals surface area contributed by atoms with E-state index in [9.17, 15) is 0 Å². The second-order valence-corrected chi connectivity index (χ2v) is 3.86. The van der Waals surface area contributed by atoms with E-state index < -0.39 is 0 Å². The van der Waals surface area contributed by atoms with E-state index in [1.165, 1.54) is 0 Å². The van der Waals surface area contributed by atoms with Crippen LogP contribution in [0.1, 0.15) is 0 Å². The Morgan fingerprint density at radius 3 is 2.91 bits per heavy atom. The molecule has 56 valence electrons. The summed E-state index contributed by atoms with van der Waals surface area (Å²) in [6, 6.07) is 5.92. The number of fused-ring (bicyclic) bond motifs is 1. The van der Waals surface area contributed by atoms with Crippen LogP contribution in [0.4, 0.5) is 0 Å². The minimum atomic E-state index is 0.847. The highest BCUT2D eigenvalue weighted by atomic mass is 79.9. The first-order chi connectivity index (χ1) is 5.25. The predicted molar refractivity (Wildman–Crippen MR) is 51.5 cm³/mol. The van der Waals surface area contributed by atoms with Crippen molar-refractivity contribution in [1.29, 1.82) is 0 Å². The largest absolute Gasteiger partial charge is 0.334 e. The van der Waals surface area contributed by atoms with Gasteiger partial charge in [-0.15, -0.1) is 0 Å². The van der Waals surface area contributed by atoms with E-state index in [4.69, 9.17) is 0 Å². The quantitative estimate of drug-likeness (QED) is 0.736. The van der Waals surface area contributed by atoms with Gasteiger partial charge in [-0.25, -0.2) is 4.98 Å².